The Morgan fingerprint density at radius 3 is 2.05 bits per heavy atom. The lowest BCUT2D eigenvalue weighted by Gasteiger charge is -2.39. The van der Waals surface area contributed by atoms with E-state index in [9.17, 15) is 19.5 Å². The van der Waals surface area contributed by atoms with E-state index in [1.807, 2.05) is 0 Å². The molecule has 3 N–H and O–H groups in total. The zero-order valence-corrected chi connectivity index (χ0v) is 13.9. The summed E-state index contributed by atoms with van der Waals surface area (Å²) < 4.78 is 0. The number of nitrogens with zero attached hydrogens (tertiary/aromatic N) is 1. The third-order valence-electron chi connectivity index (χ3n) is 4.10. The van der Waals surface area contributed by atoms with Crippen LogP contribution in [0.3, 0.4) is 0 Å². The monoisotopic (exact) mass is 301 g/mol. The van der Waals surface area contributed by atoms with E-state index in [-0.39, 0.29) is 18.4 Å². The molecule has 122 valence electrons. The van der Waals surface area contributed by atoms with E-state index in [2.05, 4.69) is 10.6 Å². The van der Waals surface area contributed by atoms with Gasteiger partial charge in [-0.2, -0.15) is 0 Å². The van der Waals surface area contributed by atoms with Crippen LogP contribution in [0.5, 0.6) is 0 Å². The zero-order chi connectivity index (χ0) is 17.0. The maximum Gasteiger partial charge on any atom is 0.317 e. The van der Waals surface area contributed by atoms with Crippen LogP contribution in [0.25, 0.3) is 0 Å². The number of carboxylic acids is 1. The normalized spacial score (nSPS) is 13.3. The summed E-state index contributed by atoms with van der Waals surface area (Å²) in [6.45, 7) is 8.40. The van der Waals surface area contributed by atoms with Crippen molar-refractivity contribution >= 4 is 17.9 Å². The molecule has 0 radical (unpaired) electrons. The van der Waals surface area contributed by atoms with Gasteiger partial charge in [-0.05, 0) is 27.7 Å². The zero-order valence-electron chi connectivity index (χ0n) is 13.9. The summed E-state index contributed by atoms with van der Waals surface area (Å²) in [7, 11) is 3.11. The topological polar surface area (TPSA) is 98.7 Å². The van der Waals surface area contributed by atoms with E-state index in [0.29, 0.717) is 0 Å². The second kappa shape index (κ2) is 6.78. The lowest BCUT2D eigenvalue weighted by Crippen LogP contribution is -2.59. The van der Waals surface area contributed by atoms with E-state index in [1.54, 1.807) is 41.7 Å². The van der Waals surface area contributed by atoms with Crippen molar-refractivity contribution < 1.29 is 19.5 Å². The Bertz CT molecular complexity index is 418. The first kappa shape index (κ1) is 19.2. The van der Waals surface area contributed by atoms with Crippen LogP contribution in [-0.4, -0.2) is 54.1 Å². The van der Waals surface area contributed by atoms with Crippen molar-refractivity contribution in [1.82, 2.24) is 15.5 Å². The highest BCUT2D eigenvalue weighted by molar-refractivity contribution is 5.81. The van der Waals surface area contributed by atoms with E-state index < -0.39 is 23.0 Å². The quantitative estimate of drug-likeness (QED) is 0.678. The maximum absolute atomic E-state index is 12.2. The standard InChI is InChI=1S/C14H27N3O4/c1-9(10(18)15-6)8-17(7)12(21)16-14(4,5)13(2,3)11(19)20/h9H,8H2,1-7H3,(H,15,18)(H,16,21)(H,19,20). The van der Waals surface area contributed by atoms with Crippen molar-refractivity contribution in [2.75, 3.05) is 20.6 Å². The number of carbonyl (C=O) groups is 3. The van der Waals surface area contributed by atoms with Crippen molar-refractivity contribution in [1.29, 1.82) is 0 Å². The lowest BCUT2D eigenvalue weighted by atomic mass is 9.74. The second-order valence-corrected chi connectivity index (χ2v) is 6.38. The summed E-state index contributed by atoms with van der Waals surface area (Å²) >= 11 is 0. The van der Waals surface area contributed by atoms with E-state index in [0.717, 1.165) is 0 Å². The van der Waals surface area contributed by atoms with Gasteiger partial charge in [-0.25, -0.2) is 4.79 Å². The minimum atomic E-state index is -1.13. The number of carbonyl (C=O) groups excluding carboxylic acids is 2. The number of hydrogen-bond donors (Lipinski definition) is 3. The lowest BCUT2D eigenvalue weighted by molar-refractivity contribution is -0.150. The third-order valence-corrected chi connectivity index (χ3v) is 4.10. The molecule has 0 heterocycles. The molecular weight excluding hydrogens is 274 g/mol. The molecule has 0 rings (SSSR count). The number of nitrogens with one attached hydrogen (secondary N) is 2. The van der Waals surface area contributed by atoms with Crippen LogP contribution in [0.4, 0.5) is 4.79 Å². The van der Waals surface area contributed by atoms with Crippen molar-refractivity contribution in [3.8, 4) is 0 Å². The van der Waals surface area contributed by atoms with Gasteiger partial charge in [0.2, 0.25) is 5.91 Å². The summed E-state index contributed by atoms with van der Waals surface area (Å²) in [6.07, 6.45) is 0. The molecule has 1 unspecified atom stereocenters. The number of aliphatic carboxylic acids is 1. The molecule has 1 atom stereocenters. The van der Waals surface area contributed by atoms with Gasteiger partial charge in [0.05, 0.1) is 16.9 Å². The first-order valence-corrected chi connectivity index (χ1v) is 6.85. The molecule has 7 heteroatoms. The fourth-order valence-electron chi connectivity index (χ4n) is 1.61. The van der Waals surface area contributed by atoms with Crippen molar-refractivity contribution in [3.63, 3.8) is 0 Å². The van der Waals surface area contributed by atoms with E-state index >= 15 is 0 Å². The first-order valence-electron chi connectivity index (χ1n) is 6.85. The molecule has 0 saturated carbocycles. The molecule has 0 fully saturated rings. The minimum Gasteiger partial charge on any atom is -0.481 e. The SMILES string of the molecule is CNC(=O)C(C)CN(C)C(=O)NC(C)(C)C(C)(C)C(=O)O. The average molecular weight is 301 g/mol. The molecule has 0 aliphatic carbocycles. The summed E-state index contributed by atoms with van der Waals surface area (Å²) in [5.74, 6) is -1.49. The number of urea groups is 1. The summed E-state index contributed by atoms with van der Waals surface area (Å²) in [5.41, 5.74) is -2.07. The highest BCUT2D eigenvalue weighted by atomic mass is 16.4. The Morgan fingerprint density at radius 2 is 1.67 bits per heavy atom. The Balaban J connectivity index is 4.82. The van der Waals surface area contributed by atoms with Crippen molar-refractivity contribution in [3.05, 3.63) is 0 Å². The molecule has 21 heavy (non-hydrogen) atoms. The van der Waals surface area contributed by atoms with Crippen LogP contribution in [0, 0.1) is 11.3 Å². The molecule has 0 aromatic rings. The van der Waals surface area contributed by atoms with Gasteiger partial charge in [0.25, 0.3) is 0 Å². The van der Waals surface area contributed by atoms with Gasteiger partial charge >= 0.3 is 12.0 Å². The smallest absolute Gasteiger partial charge is 0.317 e. The number of hydrogen-bond acceptors (Lipinski definition) is 3. The summed E-state index contributed by atoms with van der Waals surface area (Å²) in [6, 6.07) is -0.412. The molecule has 0 saturated heterocycles. The molecule has 0 bridgehead atoms. The largest absolute Gasteiger partial charge is 0.481 e. The van der Waals surface area contributed by atoms with Gasteiger partial charge < -0.3 is 20.6 Å². The highest BCUT2D eigenvalue weighted by Gasteiger charge is 2.44. The Labute approximate surface area is 126 Å². The fourth-order valence-corrected chi connectivity index (χ4v) is 1.61. The number of rotatable bonds is 6. The molecule has 0 aromatic heterocycles. The van der Waals surface area contributed by atoms with E-state index in [1.165, 1.54) is 11.9 Å². The van der Waals surface area contributed by atoms with Crippen LogP contribution in [0.1, 0.15) is 34.6 Å². The highest BCUT2D eigenvalue weighted by Crippen LogP contribution is 2.30. The number of amides is 3. The fraction of sp³-hybridized carbons (Fsp3) is 0.786. The predicted molar refractivity (Wildman–Crippen MR) is 79.9 cm³/mol. The van der Waals surface area contributed by atoms with Gasteiger partial charge in [-0.3, -0.25) is 9.59 Å². The summed E-state index contributed by atoms with van der Waals surface area (Å²) in [4.78, 5) is 36.3. The Morgan fingerprint density at radius 1 is 1.19 bits per heavy atom. The molecule has 0 aliphatic heterocycles. The molecule has 0 aliphatic rings. The summed E-state index contributed by atoms with van der Waals surface area (Å²) in [5, 5.41) is 14.5. The molecule has 0 aromatic carbocycles. The minimum absolute atomic E-state index is 0.153. The first-order chi connectivity index (χ1) is 9.36. The van der Waals surface area contributed by atoms with Crippen LogP contribution in [0.15, 0.2) is 0 Å². The van der Waals surface area contributed by atoms with E-state index in [4.69, 9.17) is 0 Å². The van der Waals surface area contributed by atoms with Crippen LogP contribution in [-0.2, 0) is 9.59 Å². The Hall–Kier alpha value is -1.79. The third kappa shape index (κ3) is 4.61. The average Bonchev–Trinajstić information content (AvgIpc) is 2.36. The molecule has 3 amide bonds. The molecular formula is C14H27N3O4. The van der Waals surface area contributed by atoms with Gasteiger partial charge in [0, 0.05) is 20.6 Å². The van der Waals surface area contributed by atoms with Gasteiger partial charge in [-0.1, -0.05) is 6.92 Å². The molecule has 0 spiro atoms. The molecule has 7 nitrogen and oxygen atoms in total. The number of carboxylic acid groups (broad SMARTS) is 1. The van der Waals surface area contributed by atoms with Crippen molar-refractivity contribution in [2.45, 2.75) is 40.2 Å². The van der Waals surface area contributed by atoms with Gasteiger partial charge in [-0.15, -0.1) is 0 Å². The second-order valence-electron chi connectivity index (χ2n) is 6.38. The van der Waals surface area contributed by atoms with Crippen LogP contribution >= 0.6 is 0 Å². The predicted octanol–water partition coefficient (Wildman–Crippen LogP) is 0.899. The maximum atomic E-state index is 12.2. The van der Waals surface area contributed by atoms with Gasteiger partial charge in [0.15, 0.2) is 0 Å². The van der Waals surface area contributed by atoms with Crippen molar-refractivity contribution in [2.24, 2.45) is 11.3 Å². The van der Waals surface area contributed by atoms with Crippen LogP contribution < -0.4 is 10.6 Å². The Kier molecular flexibility index (Phi) is 6.20. The van der Waals surface area contributed by atoms with Gasteiger partial charge in [0.1, 0.15) is 0 Å². The van der Waals surface area contributed by atoms with Crippen LogP contribution in [0.2, 0.25) is 0 Å².